The summed E-state index contributed by atoms with van der Waals surface area (Å²) in [4.78, 5) is 33.4. The van der Waals surface area contributed by atoms with E-state index in [1.807, 2.05) is 122 Å². The summed E-state index contributed by atoms with van der Waals surface area (Å²) < 4.78 is 0. The van der Waals surface area contributed by atoms with Gasteiger partial charge in [0.15, 0.2) is 5.69 Å². The van der Waals surface area contributed by atoms with Crippen LogP contribution in [0.4, 0.5) is 5.69 Å². The first kappa shape index (κ1) is 93.3. The highest BCUT2D eigenvalue weighted by molar-refractivity contribution is 5.99. The molecule has 0 fully saturated rings. The molecule has 702 valence electrons. The van der Waals surface area contributed by atoms with Crippen LogP contribution in [0.25, 0.3) is 250 Å². The third-order valence-corrected chi connectivity index (χ3v) is 28.6. The molecule has 5 aromatic heterocycles. The molecule has 23 aromatic rings. The van der Waals surface area contributed by atoms with Gasteiger partial charge in [-0.1, -0.05) is 352 Å². The number of hydrogen-bond donors (Lipinski definition) is 0. The molecular formula is C140H92N10. The molecule has 18 aromatic carbocycles. The van der Waals surface area contributed by atoms with E-state index in [-0.39, 0.29) is 0 Å². The van der Waals surface area contributed by atoms with Gasteiger partial charge in [-0.15, -0.1) is 0 Å². The maximum atomic E-state index is 9.49. The van der Waals surface area contributed by atoms with Gasteiger partial charge in [-0.25, -0.2) is 14.8 Å². The molecule has 0 saturated heterocycles. The van der Waals surface area contributed by atoms with Crippen LogP contribution in [0.3, 0.4) is 0 Å². The highest BCUT2D eigenvalue weighted by Gasteiger charge is 2.24. The van der Waals surface area contributed by atoms with Gasteiger partial charge in [-0.2, -0.15) is 15.8 Å². The number of hydrogen-bond acceptors (Lipinski definition) is 9. The third kappa shape index (κ3) is 19.1. The number of aromatic nitrogens is 6. The maximum Gasteiger partial charge on any atom is 0.187 e. The van der Waals surface area contributed by atoms with Crippen molar-refractivity contribution in [2.45, 2.75) is 27.7 Å². The zero-order valence-electron chi connectivity index (χ0n) is 82.7. The molecular weight excluding hydrogens is 1820 g/mol. The molecule has 0 atom stereocenters. The van der Waals surface area contributed by atoms with E-state index in [0.717, 1.165) is 268 Å². The van der Waals surface area contributed by atoms with Crippen molar-refractivity contribution < 1.29 is 0 Å². The predicted octanol–water partition coefficient (Wildman–Crippen LogP) is 36.1. The summed E-state index contributed by atoms with van der Waals surface area (Å²) in [5.41, 5.74) is 52.0. The zero-order chi connectivity index (χ0) is 102. The number of benzene rings is 18. The lowest BCUT2D eigenvalue weighted by atomic mass is 9.86. The summed E-state index contributed by atoms with van der Waals surface area (Å²) in [7, 11) is 0. The minimum atomic E-state index is 0.608. The number of aryl methyl sites for hydroxylation is 4. The molecule has 5 heterocycles. The number of nitrogens with zero attached hydrogens (tertiary/aromatic N) is 10. The largest absolute Gasteiger partial charge is 0.256 e. The second kappa shape index (κ2) is 41.1. The van der Waals surface area contributed by atoms with E-state index < -0.39 is 0 Å². The quantitative estimate of drug-likeness (QED) is 0.0603. The molecule has 0 saturated carbocycles. The van der Waals surface area contributed by atoms with Gasteiger partial charge in [0.1, 0.15) is 6.33 Å². The lowest BCUT2D eigenvalue weighted by Crippen LogP contribution is -1.93. The monoisotopic (exact) mass is 1910 g/mol. The fourth-order valence-electron chi connectivity index (χ4n) is 20.7. The van der Waals surface area contributed by atoms with Crippen molar-refractivity contribution >= 4 is 5.69 Å². The molecule has 0 aliphatic carbocycles. The number of nitriles is 3. The van der Waals surface area contributed by atoms with Crippen LogP contribution < -0.4 is 0 Å². The lowest BCUT2D eigenvalue weighted by Gasteiger charge is -2.18. The minimum absolute atomic E-state index is 0.608. The third-order valence-electron chi connectivity index (χ3n) is 28.6. The van der Waals surface area contributed by atoms with Crippen molar-refractivity contribution in [2.24, 2.45) is 0 Å². The number of pyridine rings is 4. The average Bonchev–Trinajstić information content (AvgIpc) is 0.766. The van der Waals surface area contributed by atoms with E-state index in [9.17, 15) is 15.8 Å². The minimum Gasteiger partial charge on any atom is -0.256 e. The van der Waals surface area contributed by atoms with Crippen LogP contribution >= 0.6 is 0 Å². The van der Waals surface area contributed by atoms with Gasteiger partial charge in [-0.05, 0) is 309 Å². The van der Waals surface area contributed by atoms with Crippen LogP contribution in [0, 0.1) is 68.3 Å². The smallest absolute Gasteiger partial charge is 0.187 e. The van der Waals surface area contributed by atoms with Crippen molar-refractivity contribution in [1.82, 2.24) is 29.9 Å². The molecule has 10 nitrogen and oxygen atoms in total. The standard InChI is InChI=1S/C140H92N10/c1-89-70-135(145-84-131(89)102-36-30-93(81-141)31-37-102)106-54-42-96(43-55-106)119-18-6-12-24-125(119)112-74-113(126-25-13-7-19-120(126)97-44-56-107(57-45-97)136-71-90(2)132(85-146-136)103-38-32-94(82-142)33-39-103)77-116(76-112)129-28-16-10-22-123(129)100-50-62-110(63-51-100)139-80-140(150-88-149-139)111-64-52-101(53-65-111)124-23-11-17-29-130(124)117-78-114(127-26-14-8-20-121(127)98-46-58-108(59-47-98)137-72-91(3)133(86-147-137)104-40-34-95(83-143)35-41-104)75-115(79-117)128-27-15-9-21-122(128)99-48-60-109(61-49-99)138-73-92(4)134(87-148-138)105-66-68-118(144-5)69-67-105/h6-80,84-88H,1-4H3. The molecule has 0 unspecified atom stereocenters. The normalized spacial score (nSPS) is 11.0. The highest BCUT2D eigenvalue weighted by atomic mass is 14.8. The predicted molar refractivity (Wildman–Crippen MR) is 612 cm³/mol. The Bertz CT molecular complexity index is 8350. The molecule has 0 bridgehead atoms. The molecule has 0 amide bonds. The van der Waals surface area contributed by atoms with Crippen LogP contribution in [-0.2, 0) is 0 Å². The van der Waals surface area contributed by atoms with Gasteiger partial charge in [0.25, 0.3) is 0 Å². The van der Waals surface area contributed by atoms with Gasteiger partial charge >= 0.3 is 0 Å². The van der Waals surface area contributed by atoms with Crippen molar-refractivity contribution in [2.75, 3.05) is 0 Å². The van der Waals surface area contributed by atoms with E-state index in [4.69, 9.17) is 36.5 Å². The highest BCUT2D eigenvalue weighted by Crippen LogP contribution is 2.48. The van der Waals surface area contributed by atoms with Crippen LogP contribution in [0.1, 0.15) is 38.9 Å². The molecule has 0 radical (unpaired) electrons. The first-order valence-corrected chi connectivity index (χ1v) is 49.9. The zero-order valence-corrected chi connectivity index (χ0v) is 82.7. The summed E-state index contributed by atoms with van der Waals surface area (Å²) in [6.45, 7) is 15.9. The molecule has 0 aliphatic rings. The van der Waals surface area contributed by atoms with Crippen LogP contribution in [-0.4, -0.2) is 29.9 Å². The molecule has 0 aliphatic heterocycles. The Morgan fingerprint density at radius 1 is 0.167 bits per heavy atom. The molecule has 0 spiro atoms. The van der Waals surface area contributed by atoms with E-state index in [2.05, 4.69) is 409 Å². The summed E-state index contributed by atoms with van der Waals surface area (Å²) in [5.74, 6) is 0. The summed E-state index contributed by atoms with van der Waals surface area (Å²) in [6.07, 6.45) is 9.41. The van der Waals surface area contributed by atoms with Gasteiger partial charge in [0.05, 0.1) is 75.6 Å². The Morgan fingerprint density at radius 2 is 0.320 bits per heavy atom. The number of rotatable bonds is 22. The second-order valence-corrected chi connectivity index (χ2v) is 37.9. The molecule has 150 heavy (non-hydrogen) atoms. The topological polar surface area (TPSA) is 153 Å². The first-order chi connectivity index (χ1) is 73.7. The van der Waals surface area contributed by atoms with Crippen molar-refractivity contribution in [1.29, 1.82) is 15.8 Å². The SMILES string of the molecule is [C-]#[N+]c1ccc(-c2cnc(-c3ccc(-c4ccccc4-c4cc(-c5ccccc5-c5ccc(-c6cc(-c7ccc(-c8ccccc8-c8cc(-c9ccccc9-c9ccc(-c%10cc(C)c(-c%11ccc(C#N)cc%11)cn%10)cc9)cc(-c9ccccc9-c9ccc(-c%10cc(C)c(-c%11ccc(C#N)cc%11)cn%10)cc9)c8)cc7)ncn6)cc5)cc(-c5ccccc5-c5ccc(-c6cc(C)c(-c7ccc(C#N)cc7)cn6)cc5)c4)cc3)cc2C)cc1. The lowest BCUT2D eigenvalue weighted by molar-refractivity contribution is 1.18. The molecule has 10 heteroatoms. The Morgan fingerprint density at radius 3 is 0.493 bits per heavy atom. The van der Waals surface area contributed by atoms with Crippen LogP contribution in [0.15, 0.2) is 486 Å². The van der Waals surface area contributed by atoms with E-state index >= 15 is 0 Å². The van der Waals surface area contributed by atoms with Crippen molar-refractivity contribution in [3.05, 3.63) is 536 Å². The van der Waals surface area contributed by atoms with Crippen molar-refractivity contribution in [3.63, 3.8) is 0 Å². The van der Waals surface area contributed by atoms with Gasteiger partial charge < -0.3 is 0 Å². The van der Waals surface area contributed by atoms with Gasteiger partial charge in [-0.3, -0.25) is 19.9 Å². The second-order valence-electron chi connectivity index (χ2n) is 37.9. The van der Waals surface area contributed by atoms with Crippen LogP contribution in [0.5, 0.6) is 0 Å². The Balaban J connectivity index is 0.557. The van der Waals surface area contributed by atoms with Crippen LogP contribution in [0.2, 0.25) is 0 Å². The first-order valence-electron chi connectivity index (χ1n) is 49.9. The average molecular weight is 1910 g/mol. The fourth-order valence-corrected chi connectivity index (χ4v) is 20.7. The summed E-state index contributed by atoms with van der Waals surface area (Å²) in [5, 5.41) is 28.5. The van der Waals surface area contributed by atoms with E-state index in [1.165, 1.54) is 0 Å². The van der Waals surface area contributed by atoms with Gasteiger partial charge in [0.2, 0.25) is 0 Å². The maximum absolute atomic E-state index is 9.49. The summed E-state index contributed by atoms with van der Waals surface area (Å²) >= 11 is 0. The molecule has 23 rings (SSSR count). The summed E-state index contributed by atoms with van der Waals surface area (Å²) in [6, 6.07) is 167. The Kier molecular flexibility index (Phi) is 25.6. The van der Waals surface area contributed by atoms with E-state index in [0.29, 0.717) is 22.4 Å². The van der Waals surface area contributed by atoms with E-state index in [1.54, 1.807) is 6.33 Å². The Labute approximate surface area is 873 Å². The van der Waals surface area contributed by atoms with Crippen molar-refractivity contribution in [3.8, 4) is 264 Å². The fraction of sp³-hybridized carbons (Fsp3) is 0.0286. The molecule has 0 N–H and O–H groups in total. The Hall–Kier alpha value is -20.4. The van der Waals surface area contributed by atoms with Gasteiger partial charge in [0, 0.05) is 80.4 Å².